The van der Waals surface area contributed by atoms with Crippen LogP contribution in [0.3, 0.4) is 0 Å². The van der Waals surface area contributed by atoms with Gasteiger partial charge in [0.05, 0.1) is 34.3 Å². The van der Waals surface area contributed by atoms with E-state index in [1.807, 2.05) is 0 Å². The molecule has 4 nitrogen and oxygen atoms in total. The molecule has 0 radical (unpaired) electrons. The van der Waals surface area contributed by atoms with Crippen LogP contribution in [0.25, 0.3) is 0 Å². The summed E-state index contributed by atoms with van der Waals surface area (Å²) in [5.74, 6) is 0. The van der Waals surface area contributed by atoms with Gasteiger partial charge in [-0.3, -0.25) is 8.74 Å². The van der Waals surface area contributed by atoms with Crippen LogP contribution < -0.4 is 0 Å². The monoisotopic (exact) mass is 182 g/mol. The van der Waals surface area contributed by atoms with Gasteiger partial charge in [-0.1, -0.05) is 0 Å². The zero-order valence-electron chi connectivity index (χ0n) is 7.24. The fraction of sp³-hybridized carbons (Fsp3) is 1.00. The summed E-state index contributed by atoms with van der Waals surface area (Å²) in [6.07, 6.45) is 0.801. The molecule has 0 rings (SSSR count). The minimum atomic E-state index is -2.10. The van der Waals surface area contributed by atoms with E-state index in [2.05, 4.69) is 25.3 Å². The fourth-order valence-electron chi connectivity index (χ4n) is 0.669. The smallest absolute Gasteiger partial charge is 0.301 e. The summed E-state index contributed by atoms with van der Waals surface area (Å²) in [7, 11) is 6.20. The topological polar surface area (TPSA) is 46.5 Å². The molecule has 0 aliphatic rings. The normalized spacial score (nSPS) is 14.9. The van der Waals surface area contributed by atoms with Gasteiger partial charge in [0, 0.05) is 6.42 Å². The Bertz CT molecular complexity index is 132. The highest BCUT2D eigenvalue weighted by molar-refractivity contribution is 7.74. The van der Waals surface area contributed by atoms with Crippen LogP contribution in [0.4, 0.5) is 0 Å². The predicted molar refractivity (Wildman–Crippen MR) is 44.2 cm³/mol. The molecule has 0 aromatic rings. The molecule has 0 fully saturated rings. The third-order valence-corrected chi connectivity index (χ3v) is 1.53. The Labute approximate surface area is 70.2 Å². The predicted octanol–water partition coefficient (Wildman–Crippen LogP) is 0.236. The van der Waals surface area contributed by atoms with E-state index in [1.165, 1.54) is 0 Å². The van der Waals surface area contributed by atoms with Gasteiger partial charge in [0.2, 0.25) is 0 Å². The second-order valence-corrected chi connectivity index (χ2v) is 4.08. The summed E-state index contributed by atoms with van der Waals surface area (Å²) in [6, 6.07) is 0. The summed E-state index contributed by atoms with van der Waals surface area (Å²) in [5, 5.41) is 0. The molecule has 0 heterocycles. The van der Waals surface area contributed by atoms with Gasteiger partial charge >= 0.3 is 11.4 Å². The molecule has 0 aliphatic heterocycles. The Hall–Kier alpha value is 0.0300. The molecule has 0 aromatic carbocycles. The maximum absolute atomic E-state index is 10.0. The van der Waals surface area contributed by atoms with Gasteiger partial charge in [-0.25, -0.2) is 0 Å². The van der Waals surface area contributed by atoms with E-state index in [9.17, 15) is 4.21 Å². The molecule has 0 aromatic heterocycles. The van der Waals surface area contributed by atoms with Crippen LogP contribution in [0.2, 0.25) is 0 Å². The fourth-order valence-corrected chi connectivity index (χ4v) is 0.930. The first-order valence-corrected chi connectivity index (χ1v) is 4.49. The second-order valence-electron chi connectivity index (χ2n) is 3.41. The molecule has 0 amide bonds. The van der Waals surface area contributed by atoms with E-state index in [0.717, 1.165) is 17.4 Å². The lowest BCUT2D eigenvalue weighted by Gasteiger charge is -2.23. The van der Waals surface area contributed by atoms with Gasteiger partial charge in [0.1, 0.15) is 0 Å². The summed E-state index contributed by atoms with van der Waals surface area (Å²) >= 11 is -2.10. The van der Waals surface area contributed by atoms with Crippen molar-refractivity contribution in [3.05, 3.63) is 0 Å². The molecule has 0 spiro atoms. The highest BCUT2D eigenvalue weighted by Gasteiger charge is 2.05. The van der Waals surface area contributed by atoms with Crippen molar-refractivity contribution in [2.45, 2.75) is 6.42 Å². The van der Waals surface area contributed by atoms with Crippen molar-refractivity contribution in [2.75, 3.05) is 34.3 Å². The van der Waals surface area contributed by atoms with Gasteiger partial charge in [0.15, 0.2) is 0 Å². The molecule has 68 valence electrons. The van der Waals surface area contributed by atoms with Crippen LogP contribution in [0.1, 0.15) is 6.42 Å². The number of quaternary nitrogens is 1. The number of rotatable bonds is 5. The van der Waals surface area contributed by atoms with Crippen molar-refractivity contribution in [1.82, 2.24) is 0 Å². The maximum atomic E-state index is 10.0. The molecule has 11 heavy (non-hydrogen) atoms. The molecule has 0 bridgehead atoms. The van der Waals surface area contributed by atoms with Crippen molar-refractivity contribution >= 4 is 11.4 Å². The molecular weight excluding hydrogens is 166 g/mol. The van der Waals surface area contributed by atoms with Gasteiger partial charge in [0.25, 0.3) is 0 Å². The molecular formula is C6H16NO3S+. The second kappa shape index (κ2) is 4.82. The van der Waals surface area contributed by atoms with Crippen LogP contribution in [-0.4, -0.2) is 47.5 Å². The Morgan fingerprint density at radius 3 is 2.36 bits per heavy atom. The van der Waals surface area contributed by atoms with Gasteiger partial charge < -0.3 is 4.48 Å². The number of hydrogen-bond donors (Lipinski definition) is 1. The van der Waals surface area contributed by atoms with E-state index in [0.29, 0.717) is 6.61 Å². The minimum absolute atomic E-state index is 0.346. The summed E-state index contributed by atoms with van der Waals surface area (Å²) in [4.78, 5) is 0. The highest BCUT2D eigenvalue weighted by Crippen LogP contribution is 1.94. The van der Waals surface area contributed by atoms with E-state index in [1.54, 1.807) is 0 Å². The molecule has 0 saturated carbocycles. The lowest BCUT2D eigenvalue weighted by Crippen LogP contribution is -2.35. The molecule has 1 N–H and O–H groups in total. The Morgan fingerprint density at radius 1 is 1.45 bits per heavy atom. The molecule has 0 aliphatic carbocycles. The number of hydrogen-bond acceptors (Lipinski definition) is 2. The van der Waals surface area contributed by atoms with Crippen molar-refractivity contribution in [2.24, 2.45) is 0 Å². The summed E-state index contributed by atoms with van der Waals surface area (Å²) < 4.78 is 23.5. The minimum Gasteiger partial charge on any atom is -0.331 e. The van der Waals surface area contributed by atoms with Crippen molar-refractivity contribution in [1.29, 1.82) is 0 Å². The Morgan fingerprint density at radius 2 is 2.00 bits per heavy atom. The van der Waals surface area contributed by atoms with Crippen LogP contribution in [0.15, 0.2) is 0 Å². The number of nitrogens with zero attached hydrogens (tertiary/aromatic N) is 1. The first-order chi connectivity index (χ1) is 4.92. The van der Waals surface area contributed by atoms with Crippen molar-refractivity contribution in [3.8, 4) is 0 Å². The van der Waals surface area contributed by atoms with Gasteiger partial charge in [-0.05, 0) is 0 Å². The molecule has 1 unspecified atom stereocenters. The van der Waals surface area contributed by atoms with E-state index >= 15 is 0 Å². The largest absolute Gasteiger partial charge is 0.331 e. The zero-order valence-corrected chi connectivity index (χ0v) is 8.06. The molecule has 5 heteroatoms. The zero-order chi connectivity index (χ0) is 8.91. The lowest BCUT2D eigenvalue weighted by molar-refractivity contribution is -0.870. The van der Waals surface area contributed by atoms with Crippen LogP contribution >= 0.6 is 0 Å². The first-order valence-electron chi connectivity index (χ1n) is 3.46. The van der Waals surface area contributed by atoms with E-state index in [4.69, 9.17) is 4.55 Å². The first kappa shape index (κ1) is 11.0. The highest BCUT2D eigenvalue weighted by atomic mass is 32.2. The van der Waals surface area contributed by atoms with Crippen molar-refractivity contribution < 1.29 is 17.4 Å². The van der Waals surface area contributed by atoms with E-state index in [-0.39, 0.29) is 0 Å². The maximum Gasteiger partial charge on any atom is 0.301 e. The Balaban J connectivity index is 3.22. The van der Waals surface area contributed by atoms with Gasteiger partial charge in [-0.2, -0.15) is 4.21 Å². The molecule has 0 saturated heterocycles. The standard InChI is InChI=1S/C6H15NO3S/c1-7(2,3)5-4-6-10-11(8)9/h4-6H2,1-3H3/p+1. The lowest BCUT2D eigenvalue weighted by atomic mass is 10.4. The average Bonchev–Trinajstić information content (AvgIpc) is 1.78. The van der Waals surface area contributed by atoms with Crippen LogP contribution in [-0.2, 0) is 15.5 Å². The SMILES string of the molecule is C[N+](C)(C)CCCOS(=O)O. The van der Waals surface area contributed by atoms with Crippen molar-refractivity contribution in [3.63, 3.8) is 0 Å². The average molecular weight is 182 g/mol. The third kappa shape index (κ3) is 10.0. The quantitative estimate of drug-likeness (QED) is 0.376. The van der Waals surface area contributed by atoms with Crippen LogP contribution in [0.5, 0.6) is 0 Å². The van der Waals surface area contributed by atoms with E-state index < -0.39 is 11.4 Å². The van der Waals surface area contributed by atoms with Crippen LogP contribution in [0, 0.1) is 0 Å². The van der Waals surface area contributed by atoms with Gasteiger partial charge in [-0.15, -0.1) is 0 Å². The third-order valence-electron chi connectivity index (χ3n) is 1.16. The molecule has 1 atom stereocenters. The Kier molecular flexibility index (Phi) is 4.83. The summed E-state index contributed by atoms with van der Waals surface area (Å²) in [5.41, 5.74) is 0. The summed E-state index contributed by atoms with van der Waals surface area (Å²) in [6.45, 7) is 1.29.